The Labute approximate surface area is 122 Å². The summed E-state index contributed by atoms with van der Waals surface area (Å²) in [4.78, 5) is 4.12. The molecule has 0 aliphatic heterocycles. The van der Waals surface area contributed by atoms with Crippen molar-refractivity contribution < 1.29 is 0 Å². The van der Waals surface area contributed by atoms with E-state index in [1.165, 1.54) is 18.4 Å². The van der Waals surface area contributed by atoms with Gasteiger partial charge in [0.25, 0.3) is 0 Å². The van der Waals surface area contributed by atoms with Crippen molar-refractivity contribution in [3.8, 4) is 0 Å². The Kier molecular flexibility index (Phi) is 4.68. The topological polar surface area (TPSA) is 24.9 Å². The number of hydrogen-bond acceptors (Lipinski definition) is 2. The molecule has 1 aliphatic rings. The maximum Gasteiger partial charge on any atom is 0.152 e. The first kappa shape index (κ1) is 13.9. The average molecular weight is 330 g/mol. The van der Waals surface area contributed by atoms with E-state index >= 15 is 0 Å². The fourth-order valence-corrected chi connectivity index (χ4v) is 3.14. The highest BCUT2D eigenvalue weighted by molar-refractivity contribution is 9.10. The number of rotatable bonds is 3. The molecular weight excluding hydrogens is 312 g/mol. The standard InChI is InChI=1S/C14H18BrClN2/c1-9-3-10(2)5-11(4-9)7-17-13-6-12(15)8-18-14(13)16/h3,6,8-9,11,17H,4-5,7H2,1-2H3. The van der Waals surface area contributed by atoms with Crippen molar-refractivity contribution in [3.63, 3.8) is 0 Å². The second-order valence-corrected chi connectivity index (χ2v) is 6.44. The lowest BCUT2D eigenvalue weighted by Crippen LogP contribution is -2.20. The molecular formula is C14H18BrClN2. The zero-order valence-electron chi connectivity index (χ0n) is 10.7. The van der Waals surface area contributed by atoms with Crippen molar-refractivity contribution in [2.75, 3.05) is 11.9 Å². The third kappa shape index (κ3) is 3.72. The highest BCUT2D eigenvalue weighted by atomic mass is 79.9. The van der Waals surface area contributed by atoms with Gasteiger partial charge in [-0.2, -0.15) is 0 Å². The van der Waals surface area contributed by atoms with E-state index in [0.29, 0.717) is 17.0 Å². The molecule has 2 atom stereocenters. The number of nitrogens with zero attached hydrogens (tertiary/aromatic N) is 1. The van der Waals surface area contributed by atoms with Gasteiger partial charge in [0.05, 0.1) is 5.69 Å². The molecule has 18 heavy (non-hydrogen) atoms. The third-order valence-corrected chi connectivity index (χ3v) is 4.01. The molecule has 0 saturated heterocycles. The van der Waals surface area contributed by atoms with Crippen LogP contribution in [-0.4, -0.2) is 11.5 Å². The summed E-state index contributed by atoms with van der Waals surface area (Å²) in [5.74, 6) is 1.36. The second-order valence-electron chi connectivity index (χ2n) is 5.17. The highest BCUT2D eigenvalue weighted by Crippen LogP contribution is 2.29. The van der Waals surface area contributed by atoms with Crippen LogP contribution in [0.5, 0.6) is 0 Å². The summed E-state index contributed by atoms with van der Waals surface area (Å²) in [5, 5.41) is 3.95. The summed E-state index contributed by atoms with van der Waals surface area (Å²) < 4.78 is 0.947. The summed E-state index contributed by atoms with van der Waals surface area (Å²) in [7, 11) is 0. The number of nitrogens with one attached hydrogen (secondary N) is 1. The van der Waals surface area contributed by atoms with Gasteiger partial charge in [0.15, 0.2) is 5.15 Å². The molecule has 2 rings (SSSR count). The van der Waals surface area contributed by atoms with Gasteiger partial charge in [-0.3, -0.25) is 0 Å². The van der Waals surface area contributed by atoms with E-state index < -0.39 is 0 Å². The summed E-state index contributed by atoms with van der Waals surface area (Å²) in [6, 6.07) is 1.98. The van der Waals surface area contributed by atoms with E-state index in [2.05, 4.69) is 46.2 Å². The Morgan fingerprint density at radius 3 is 3.06 bits per heavy atom. The van der Waals surface area contributed by atoms with Crippen molar-refractivity contribution >= 4 is 33.2 Å². The fourth-order valence-electron chi connectivity index (χ4n) is 2.64. The molecule has 1 aliphatic carbocycles. The lowest BCUT2D eigenvalue weighted by Gasteiger charge is -2.26. The highest BCUT2D eigenvalue weighted by Gasteiger charge is 2.18. The summed E-state index contributed by atoms with van der Waals surface area (Å²) >= 11 is 9.48. The quantitative estimate of drug-likeness (QED) is 0.630. The Morgan fingerprint density at radius 1 is 1.56 bits per heavy atom. The van der Waals surface area contributed by atoms with Crippen LogP contribution < -0.4 is 5.32 Å². The van der Waals surface area contributed by atoms with E-state index in [9.17, 15) is 0 Å². The monoisotopic (exact) mass is 328 g/mol. The molecule has 1 N–H and O–H groups in total. The van der Waals surface area contributed by atoms with E-state index in [1.54, 1.807) is 6.20 Å². The number of halogens is 2. The van der Waals surface area contributed by atoms with Crippen LogP contribution in [0.15, 0.2) is 28.4 Å². The predicted molar refractivity (Wildman–Crippen MR) is 81.1 cm³/mol. The largest absolute Gasteiger partial charge is 0.382 e. The molecule has 0 spiro atoms. The first-order valence-corrected chi connectivity index (χ1v) is 7.44. The Bertz CT molecular complexity index is 459. The molecule has 0 saturated carbocycles. The molecule has 4 heteroatoms. The molecule has 2 unspecified atom stereocenters. The first-order valence-electron chi connectivity index (χ1n) is 6.27. The molecule has 98 valence electrons. The van der Waals surface area contributed by atoms with Crippen LogP contribution in [0.1, 0.15) is 26.7 Å². The van der Waals surface area contributed by atoms with Gasteiger partial charge in [-0.05, 0) is 53.6 Å². The molecule has 0 bridgehead atoms. The third-order valence-electron chi connectivity index (χ3n) is 3.27. The van der Waals surface area contributed by atoms with Crippen molar-refractivity contribution in [2.24, 2.45) is 11.8 Å². The molecule has 0 aromatic carbocycles. The van der Waals surface area contributed by atoms with Crippen molar-refractivity contribution in [3.05, 3.63) is 33.5 Å². The SMILES string of the molecule is CC1=CC(C)CC(CNc2cc(Br)cnc2Cl)C1. The summed E-state index contributed by atoms with van der Waals surface area (Å²) in [5.41, 5.74) is 2.41. The molecule has 0 radical (unpaired) electrons. The van der Waals surface area contributed by atoms with Crippen LogP contribution in [0, 0.1) is 11.8 Å². The number of anilines is 1. The van der Waals surface area contributed by atoms with Crippen LogP contribution >= 0.6 is 27.5 Å². The normalized spacial score (nSPS) is 23.7. The predicted octanol–water partition coefficient (Wildman–Crippen LogP) is 4.90. The van der Waals surface area contributed by atoms with Crippen LogP contribution in [0.3, 0.4) is 0 Å². The maximum atomic E-state index is 6.07. The first-order chi connectivity index (χ1) is 8.54. The molecule has 1 heterocycles. The van der Waals surface area contributed by atoms with Gasteiger partial charge in [0.2, 0.25) is 0 Å². The minimum absolute atomic E-state index is 0.536. The summed E-state index contributed by atoms with van der Waals surface area (Å²) in [6.45, 7) is 5.45. The van der Waals surface area contributed by atoms with Gasteiger partial charge in [-0.1, -0.05) is 30.2 Å². The van der Waals surface area contributed by atoms with Crippen molar-refractivity contribution in [2.45, 2.75) is 26.7 Å². The second kappa shape index (κ2) is 6.07. The van der Waals surface area contributed by atoms with Gasteiger partial charge in [0.1, 0.15) is 0 Å². The van der Waals surface area contributed by atoms with E-state index in [1.807, 2.05) is 6.07 Å². The molecule has 0 amide bonds. The minimum atomic E-state index is 0.536. The van der Waals surface area contributed by atoms with Gasteiger partial charge >= 0.3 is 0 Å². The van der Waals surface area contributed by atoms with Gasteiger partial charge < -0.3 is 5.32 Å². The van der Waals surface area contributed by atoms with Crippen LogP contribution in [0.4, 0.5) is 5.69 Å². The number of hydrogen-bond donors (Lipinski definition) is 1. The van der Waals surface area contributed by atoms with Crippen LogP contribution in [0.2, 0.25) is 5.15 Å². The molecule has 0 fully saturated rings. The molecule has 1 aromatic rings. The van der Waals surface area contributed by atoms with Crippen LogP contribution in [0.25, 0.3) is 0 Å². The zero-order valence-corrected chi connectivity index (χ0v) is 13.1. The van der Waals surface area contributed by atoms with E-state index in [0.717, 1.165) is 16.7 Å². The van der Waals surface area contributed by atoms with Gasteiger partial charge in [-0.25, -0.2) is 4.98 Å². The smallest absolute Gasteiger partial charge is 0.152 e. The van der Waals surface area contributed by atoms with E-state index in [-0.39, 0.29) is 0 Å². The minimum Gasteiger partial charge on any atom is -0.382 e. The average Bonchev–Trinajstić information content (AvgIpc) is 2.29. The Balaban J connectivity index is 1.96. The van der Waals surface area contributed by atoms with Gasteiger partial charge in [0, 0.05) is 17.2 Å². The number of allylic oxidation sites excluding steroid dienone is 2. The molecule has 1 aromatic heterocycles. The van der Waals surface area contributed by atoms with Crippen molar-refractivity contribution in [1.82, 2.24) is 4.98 Å². The lowest BCUT2D eigenvalue weighted by molar-refractivity contribution is 0.421. The molecule has 2 nitrogen and oxygen atoms in total. The lowest BCUT2D eigenvalue weighted by atomic mass is 9.84. The fraction of sp³-hybridized carbons (Fsp3) is 0.500. The Morgan fingerprint density at radius 2 is 2.33 bits per heavy atom. The van der Waals surface area contributed by atoms with Crippen molar-refractivity contribution in [1.29, 1.82) is 0 Å². The Hall–Kier alpha value is -0.540. The zero-order chi connectivity index (χ0) is 13.1. The number of pyridine rings is 1. The van der Waals surface area contributed by atoms with Gasteiger partial charge in [-0.15, -0.1) is 0 Å². The summed E-state index contributed by atoms with van der Waals surface area (Å²) in [6.07, 6.45) is 6.51. The number of aromatic nitrogens is 1. The van der Waals surface area contributed by atoms with E-state index in [4.69, 9.17) is 11.6 Å². The van der Waals surface area contributed by atoms with Crippen LogP contribution in [-0.2, 0) is 0 Å². The maximum absolute atomic E-state index is 6.07.